The molecule has 0 aromatic heterocycles. The highest BCUT2D eigenvalue weighted by atomic mass is 16.5. The number of aryl methyl sites for hydroxylation is 2. The van der Waals surface area contributed by atoms with E-state index in [0.717, 1.165) is 16.9 Å². The van der Waals surface area contributed by atoms with Gasteiger partial charge in [-0.1, -0.05) is 6.07 Å². The van der Waals surface area contributed by atoms with Gasteiger partial charge in [0.2, 0.25) is 0 Å². The Balaban J connectivity index is 2.53. The lowest BCUT2D eigenvalue weighted by Gasteiger charge is -2.09. The van der Waals surface area contributed by atoms with Gasteiger partial charge in [0.1, 0.15) is 5.75 Å². The molecule has 0 unspecified atom stereocenters. The second-order valence-corrected chi connectivity index (χ2v) is 4.09. The Kier molecular flexibility index (Phi) is 6.22. The predicted molar refractivity (Wildman–Crippen MR) is 68.7 cm³/mol. The second-order valence-electron chi connectivity index (χ2n) is 4.09. The maximum atomic E-state index is 11.1. The highest BCUT2D eigenvalue weighted by molar-refractivity contribution is 5.69. The van der Waals surface area contributed by atoms with Gasteiger partial charge in [-0.3, -0.25) is 4.79 Å². The van der Waals surface area contributed by atoms with E-state index in [1.165, 1.54) is 7.11 Å². The molecule has 4 heteroatoms. The van der Waals surface area contributed by atoms with Crippen molar-refractivity contribution in [2.45, 2.75) is 26.2 Å². The molecule has 0 saturated carbocycles. The summed E-state index contributed by atoms with van der Waals surface area (Å²) in [6, 6.07) is 5.80. The van der Waals surface area contributed by atoms with Gasteiger partial charge in [0.15, 0.2) is 0 Å². The molecule has 0 bridgehead atoms. The Labute approximate surface area is 108 Å². The molecule has 0 aliphatic rings. The van der Waals surface area contributed by atoms with Gasteiger partial charge in [0.05, 0.1) is 13.7 Å². The molecule has 1 aromatic rings. The van der Waals surface area contributed by atoms with Gasteiger partial charge in [0.25, 0.3) is 0 Å². The van der Waals surface area contributed by atoms with Crippen LogP contribution in [0, 0.1) is 6.92 Å². The third kappa shape index (κ3) is 4.75. The monoisotopic (exact) mass is 252 g/mol. The third-order valence-electron chi connectivity index (χ3n) is 2.71. The summed E-state index contributed by atoms with van der Waals surface area (Å²) < 4.78 is 10.1. The van der Waals surface area contributed by atoms with Crippen LogP contribution >= 0.6 is 0 Å². The number of aliphatic hydroxyl groups excluding tert-OH is 1. The first-order chi connectivity index (χ1) is 8.67. The summed E-state index contributed by atoms with van der Waals surface area (Å²) in [5.74, 6) is 0.598. The lowest BCUT2D eigenvalue weighted by Crippen LogP contribution is -2.03. The van der Waals surface area contributed by atoms with Gasteiger partial charge in [-0.2, -0.15) is 0 Å². The smallest absolute Gasteiger partial charge is 0.305 e. The number of esters is 1. The highest BCUT2D eigenvalue weighted by Gasteiger charge is 2.05. The average Bonchev–Trinajstić information content (AvgIpc) is 2.37. The number of carbonyl (C=O) groups is 1. The number of rotatable bonds is 7. The van der Waals surface area contributed by atoms with Crippen LogP contribution in [0.1, 0.15) is 24.0 Å². The molecule has 0 atom stereocenters. The second kappa shape index (κ2) is 7.71. The van der Waals surface area contributed by atoms with Crippen molar-refractivity contribution >= 4 is 5.97 Å². The normalized spacial score (nSPS) is 10.2. The van der Waals surface area contributed by atoms with Crippen LogP contribution in [0.2, 0.25) is 0 Å². The van der Waals surface area contributed by atoms with Crippen LogP contribution in [0.3, 0.4) is 0 Å². The molecule has 1 rings (SSSR count). The lowest BCUT2D eigenvalue weighted by molar-refractivity contribution is -0.140. The van der Waals surface area contributed by atoms with Crippen molar-refractivity contribution in [3.63, 3.8) is 0 Å². The zero-order valence-electron chi connectivity index (χ0n) is 10.9. The van der Waals surface area contributed by atoms with Gasteiger partial charge >= 0.3 is 5.97 Å². The molecule has 100 valence electrons. The van der Waals surface area contributed by atoms with Crippen LogP contribution in [-0.2, 0) is 16.0 Å². The fraction of sp³-hybridized carbons (Fsp3) is 0.500. The summed E-state index contributed by atoms with van der Waals surface area (Å²) >= 11 is 0. The summed E-state index contributed by atoms with van der Waals surface area (Å²) in [5.41, 5.74) is 2.22. The maximum absolute atomic E-state index is 11.1. The molecule has 1 aromatic carbocycles. The Bertz CT molecular complexity index is 387. The maximum Gasteiger partial charge on any atom is 0.305 e. The van der Waals surface area contributed by atoms with Crippen LogP contribution in [-0.4, -0.2) is 31.4 Å². The van der Waals surface area contributed by atoms with Crippen molar-refractivity contribution in [1.82, 2.24) is 0 Å². The van der Waals surface area contributed by atoms with E-state index in [9.17, 15) is 4.79 Å². The Morgan fingerprint density at radius 1 is 1.39 bits per heavy atom. The highest BCUT2D eigenvalue weighted by Crippen LogP contribution is 2.18. The van der Waals surface area contributed by atoms with E-state index in [-0.39, 0.29) is 12.6 Å². The topological polar surface area (TPSA) is 55.8 Å². The fourth-order valence-corrected chi connectivity index (χ4v) is 1.63. The number of carbonyl (C=O) groups excluding carboxylic acids is 1. The van der Waals surface area contributed by atoms with E-state index in [2.05, 4.69) is 4.74 Å². The third-order valence-corrected chi connectivity index (χ3v) is 2.71. The molecule has 1 N–H and O–H groups in total. The zero-order valence-corrected chi connectivity index (χ0v) is 10.9. The van der Waals surface area contributed by atoms with Crippen molar-refractivity contribution in [3.8, 4) is 5.75 Å². The van der Waals surface area contributed by atoms with Crippen LogP contribution in [0.15, 0.2) is 18.2 Å². The number of hydrogen-bond acceptors (Lipinski definition) is 4. The van der Waals surface area contributed by atoms with E-state index in [4.69, 9.17) is 9.84 Å². The molecule has 0 radical (unpaired) electrons. The van der Waals surface area contributed by atoms with E-state index < -0.39 is 0 Å². The van der Waals surface area contributed by atoms with Gasteiger partial charge in [-0.05, 0) is 36.6 Å². The molecule has 0 spiro atoms. The standard InChI is InChI=1S/C14H20O4/c1-11-10-13(18-9-3-8-15)6-4-12(11)5-7-14(16)17-2/h4,6,10,15H,3,5,7-9H2,1-2H3. The summed E-state index contributed by atoms with van der Waals surface area (Å²) in [7, 11) is 1.40. The fourth-order valence-electron chi connectivity index (χ4n) is 1.63. The first-order valence-electron chi connectivity index (χ1n) is 6.07. The minimum absolute atomic E-state index is 0.135. The molecule has 0 aliphatic carbocycles. The minimum atomic E-state index is -0.197. The molecule has 0 fully saturated rings. The average molecular weight is 252 g/mol. The SMILES string of the molecule is COC(=O)CCc1ccc(OCCCO)cc1C. The van der Waals surface area contributed by atoms with Gasteiger partial charge in [0, 0.05) is 19.4 Å². The predicted octanol–water partition coefficient (Wildman–Crippen LogP) is 1.86. The van der Waals surface area contributed by atoms with Crippen LogP contribution in [0.4, 0.5) is 0 Å². The van der Waals surface area contributed by atoms with Crippen molar-refractivity contribution in [3.05, 3.63) is 29.3 Å². The van der Waals surface area contributed by atoms with E-state index in [1.807, 2.05) is 25.1 Å². The number of benzene rings is 1. The van der Waals surface area contributed by atoms with Crippen LogP contribution < -0.4 is 4.74 Å². The molecule has 0 saturated heterocycles. The lowest BCUT2D eigenvalue weighted by atomic mass is 10.0. The van der Waals surface area contributed by atoms with E-state index in [0.29, 0.717) is 25.9 Å². The van der Waals surface area contributed by atoms with Crippen molar-refractivity contribution in [2.75, 3.05) is 20.3 Å². The number of aliphatic hydroxyl groups is 1. The van der Waals surface area contributed by atoms with Crippen LogP contribution in [0.5, 0.6) is 5.75 Å². The first kappa shape index (κ1) is 14.5. The summed E-state index contributed by atoms with van der Waals surface area (Å²) in [5, 5.41) is 8.66. The van der Waals surface area contributed by atoms with Crippen molar-refractivity contribution < 1.29 is 19.4 Å². The quantitative estimate of drug-likeness (QED) is 0.594. The molecule has 0 heterocycles. The van der Waals surface area contributed by atoms with Crippen molar-refractivity contribution in [2.24, 2.45) is 0 Å². The van der Waals surface area contributed by atoms with Crippen molar-refractivity contribution in [1.29, 1.82) is 0 Å². The van der Waals surface area contributed by atoms with Crippen LogP contribution in [0.25, 0.3) is 0 Å². The van der Waals surface area contributed by atoms with E-state index in [1.54, 1.807) is 0 Å². The van der Waals surface area contributed by atoms with E-state index >= 15 is 0 Å². The van der Waals surface area contributed by atoms with Gasteiger partial charge in [-0.25, -0.2) is 0 Å². The molecular weight excluding hydrogens is 232 g/mol. The number of ether oxygens (including phenoxy) is 2. The number of hydrogen-bond donors (Lipinski definition) is 1. The largest absolute Gasteiger partial charge is 0.493 e. The summed E-state index contributed by atoms with van der Waals surface area (Å²) in [4.78, 5) is 11.1. The molecule has 18 heavy (non-hydrogen) atoms. The molecule has 0 aliphatic heterocycles. The molecule has 4 nitrogen and oxygen atoms in total. The summed E-state index contributed by atoms with van der Waals surface area (Å²) in [6.45, 7) is 2.64. The van der Waals surface area contributed by atoms with Gasteiger partial charge in [-0.15, -0.1) is 0 Å². The minimum Gasteiger partial charge on any atom is -0.493 e. The molecule has 0 amide bonds. The Morgan fingerprint density at radius 3 is 2.78 bits per heavy atom. The molecular formula is C14H20O4. The zero-order chi connectivity index (χ0) is 13.4. The first-order valence-corrected chi connectivity index (χ1v) is 6.07. The summed E-state index contributed by atoms with van der Waals surface area (Å²) in [6.07, 6.45) is 1.70. The Hall–Kier alpha value is -1.55. The van der Waals surface area contributed by atoms with Gasteiger partial charge < -0.3 is 14.6 Å². The number of methoxy groups -OCH3 is 1. The Morgan fingerprint density at radius 2 is 2.17 bits per heavy atom.